The van der Waals surface area contributed by atoms with Crippen LogP contribution < -0.4 is 5.32 Å². The fourth-order valence-corrected chi connectivity index (χ4v) is 1.69. The van der Waals surface area contributed by atoms with E-state index in [2.05, 4.69) is 0 Å². The van der Waals surface area contributed by atoms with Gasteiger partial charge in [0.2, 0.25) is 0 Å². The summed E-state index contributed by atoms with van der Waals surface area (Å²) in [5, 5.41) is 20.0. The third kappa shape index (κ3) is 4.06. The minimum Gasteiger partial charge on any atom is -0.480 e. The zero-order valence-corrected chi connectivity index (χ0v) is 9.28. The van der Waals surface area contributed by atoms with Crippen LogP contribution in [-0.4, -0.2) is 58.5 Å². The molecule has 2 atom stereocenters. The highest BCUT2D eigenvalue weighted by Gasteiger charge is 2.39. The molecule has 0 aromatic carbocycles. The molecule has 1 heterocycles. The lowest BCUT2D eigenvalue weighted by Gasteiger charge is -2.21. The van der Waals surface area contributed by atoms with Gasteiger partial charge in [-0.05, 0) is 0 Å². The van der Waals surface area contributed by atoms with Gasteiger partial charge >= 0.3 is 18.2 Å². The monoisotopic (exact) mass is 270 g/mol. The summed E-state index contributed by atoms with van der Waals surface area (Å²) >= 11 is 0. The lowest BCUT2D eigenvalue weighted by molar-refractivity contribution is -0.141. The molecule has 0 spiro atoms. The highest BCUT2D eigenvalue weighted by molar-refractivity contribution is 5.83. The van der Waals surface area contributed by atoms with Crippen molar-refractivity contribution in [2.24, 2.45) is 0 Å². The number of carbonyl (C=O) groups is 2. The number of alkyl halides is 3. The molecule has 1 aliphatic heterocycles. The van der Waals surface area contributed by atoms with Crippen molar-refractivity contribution >= 4 is 12.0 Å². The number of urea groups is 1. The van der Waals surface area contributed by atoms with Crippen molar-refractivity contribution in [3.63, 3.8) is 0 Å². The summed E-state index contributed by atoms with van der Waals surface area (Å²) in [6.07, 6.45) is -6.67. The molecule has 1 rings (SSSR count). The van der Waals surface area contributed by atoms with Crippen LogP contribution in [0.5, 0.6) is 0 Å². The lowest BCUT2D eigenvalue weighted by Crippen LogP contribution is -2.46. The molecule has 0 aliphatic carbocycles. The average Bonchev–Trinajstić information content (AvgIpc) is 2.58. The Balaban J connectivity index is 2.48. The number of hydrogen-bond donors (Lipinski definition) is 3. The van der Waals surface area contributed by atoms with Crippen LogP contribution in [0.15, 0.2) is 0 Å². The Morgan fingerprint density at radius 2 is 2.00 bits per heavy atom. The van der Waals surface area contributed by atoms with Gasteiger partial charge in [-0.3, -0.25) is 0 Å². The van der Waals surface area contributed by atoms with E-state index >= 15 is 0 Å². The summed E-state index contributed by atoms with van der Waals surface area (Å²) in [6, 6.07) is -2.12. The normalized spacial score (nSPS) is 24.1. The fourth-order valence-electron chi connectivity index (χ4n) is 1.69. The minimum atomic E-state index is -4.38. The second kappa shape index (κ2) is 5.42. The molecule has 1 saturated heterocycles. The minimum absolute atomic E-state index is 0.123. The first-order valence-corrected chi connectivity index (χ1v) is 5.23. The second-order valence-corrected chi connectivity index (χ2v) is 3.99. The van der Waals surface area contributed by atoms with E-state index in [1.807, 2.05) is 5.32 Å². The Bertz CT molecular complexity index is 334. The van der Waals surface area contributed by atoms with Gasteiger partial charge in [-0.2, -0.15) is 13.2 Å². The van der Waals surface area contributed by atoms with Crippen molar-refractivity contribution in [2.75, 3.05) is 13.1 Å². The fraction of sp³-hybridized carbons (Fsp3) is 0.778. The molecule has 6 nitrogen and oxygen atoms in total. The summed E-state index contributed by atoms with van der Waals surface area (Å²) in [6.45, 7) is -0.823. The summed E-state index contributed by atoms with van der Waals surface area (Å²) in [7, 11) is 0. The van der Waals surface area contributed by atoms with Crippen LogP contribution in [-0.2, 0) is 4.79 Å². The number of nitrogens with one attached hydrogen (secondary N) is 1. The molecule has 0 aromatic rings. The maximum atomic E-state index is 11.9. The van der Waals surface area contributed by atoms with Gasteiger partial charge in [-0.1, -0.05) is 0 Å². The number of aliphatic hydroxyl groups excluding tert-OH is 1. The topological polar surface area (TPSA) is 89.9 Å². The van der Waals surface area contributed by atoms with E-state index in [-0.39, 0.29) is 13.0 Å². The van der Waals surface area contributed by atoms with E-state index in [1.165, 1.54) is 0 Å². The number of carboxylic acid groups (broad SMARTS) is 1. The van der Waals surface area contributed by atoms with Crippen molar-refractivity contribution in [1.29, 1.82) is 0 Å². The summed E-state index contributed by atoms with van der Waals surface area (Å²) < 4.78 is 35.6. The Kier molecular flexibility index (Phi) is 4.38. The van der Waals surface area contributed by atoms with Gasteiger partial charge in [0.1, 0.15) is 6.04 Å². The predicted molar refractivity (Wildman–Crippen MR) is 52.8 cm³/mol. The maximum absolute atomic E-state index is 11.9. The number of halogens is 3. The zero-order chi connectivity index (χ0) is 13.9. The van der Waals surface area contributed by atoms with Gasteiger partial charge in [-0.25, -0.2) is 9.59 Å². The third-order valence-electron chi connectivity index (χ3n) is 2.51. The van der Waals surface area contributed by atoms with Gasteiger partial charge in [0, 0.05) is 19.5 Å². The van der Waals surface area contributed by atoms with Crippen LogP contribution in [0.3, 0.4) is 0 Å². The molecular formula is C9H13F3N2O4. The van der Waals surface area contributed by atoms with Crippen molar-refractivity contribution < 1.29 is 33.0 Å². The van der Waals surface area contributed by atoms with E-state index in [1.54, 1.807) is 0 Å². The molecule has 2 amide bonds. The molecule has 1 aliphatic rings. The molecule has 104 valence electrons. The van der Waals surface area contributed by atoms with Crippen molar-refractivity contribution in [3.8, 4) is 0 Å². The molecule has 1 fully saturated rings. The Labute approximate surface area is 100 Å². The third-order valence-corrected chi connectivity index (χ3v) is 2.51. The van der Waals surface area contributed by atoms with Gasteiger partial charge in [0.25, 0.3) is 0 Å². The van der Waals surface area contributed by atoms with E-state index in [4.69, 9.17) is 5.11 Å². The van der Waals surface area contributed by atoms with Gasteiger partial charge in [0.15, 0.2) is 0 Å². The lowest BCUT2D eigenvalue weighted by atomic mass is 10.2. The second-order valence-electron chi connectivity index (χ2n) is 3.99. The molecule has 0 saturated carbocycles. The number of hydrogen-bond acceptors (Lipinski definition) is 3. The van der Waals surface area contributed by atoms with Gasteiger partial charge in [-0.15, -0.1) is 0 Å². The standard InChI is InChI=1S/C9H13F3N2O4/c10-9(11,12)1-2-13-8(18)14-4-5(15)3-6(14)7(16)17/h5-6,15H,1-4H2,(H,13,18)(H,16,17)/t5-,6-/m1/s1. The first-order chi connectivity index (χ1) is 8.20. The first kappa shape index (κ1) is 14.6. The quantitative estimate of drug-likeness (QED) is 0.682. The highest BCUT2D eigenvalue weighted by atomic mass is 19.4. The van der Waals surface area contributed by atoms with Crippen molar-refractivity contribution in [1.82, 2.24) is 10.2 Å². The van der Waals surface area contributed by atoms with Crippen LogP contribution in [0.2, 0.25) is 0 Å². The van der Waals surface area contributed by atoms with Crippen LogP contribution in [0.4, 0.5) is 18.0 Å². The number of amides is 2. The van der Waals surface area contributed by atoms with Gasteiger partial charge in [0.05, 0.1) is 12.5 Å². The Hall–Kier alpha value is -1.51. The maximum Gasteiger partial charge on any atom is 0.390 e. The predicted octanol–water partition coefficient (Wildman–Crippen LogP) is 0.168. The van der Waals surface area contributed by atoms with E-state index in [0.717, 1.165) is 4.90 Å². The molecule has 3 N–H and O–H groups in total. The molecule has 18 heavy (non-hydrogen) atoms. The average molecular weight is 270 g/mol. The smallest absolute Gasteiger partial charge is 0.390 e. The zero-order valence-electron chi connectivity index (χ0n) is 9.28. The highest BCUT2D eigenvalue weighted by Crippen LogP contribution is 2.20. The molecule has 9 heteroatoms. The van der Waals surface area contributed by atoms with Crippen molar-refractivity contribution in [2.45, 2.75) is 31.2 Å². The van der Waals surface area contributed by atoms with Crippen LogP contribution in [0.1, 0.15) is 12.8 Å². The SMILES string of the molecule is O=C(O)[C@H]1C[C@@H](O)CN1C(=O)NCCC(F)(F)F. The molecule has 0 aromatic heterocycles. The van der Waals surface area contributed by atoms with E-state index in [0.29, 0.717) is 0 Å². The first-order valence-electron chi connectivity index (χ1n) is 5.23. The number of carbonyl (C=O) groups excluding carboxylic acids is 1. The number of nitrogens with zero attached hydrogens (tertiary/aromatic N) is 1. The van der Waals surface area contributed by atoms with Crippen LogP contribution in [0, 0.1) is 0 Å². The van der Waals surface area contributed by atoms with Crippen LogP contribution >= 0.6 is 0 Å². The number of likely N-dealkylation sites (tertiary alicyclic amines) is 1. The summed E-state index contributed by atoms with van der Waals surface area (Å²) in [5.41, 5.74) is 0. The Morgan fingerprint density at radius 1 is 1.39 bits per heavy atom. The number of rotatable bonds is 3. The molecular weight excluding hydrogens is 257 g/mol. The largest absolute Gasteiger partial charge is 0.480 e. The van der Waals surface area contributed by atoms with E-state index < -0.39 is 43.3 Å². The van der Waals surface area contributed by atoms with Crippen LogP contribution in [0.25, 0.3) is 0 Å². The van der Waals surface area contributed by atoms with Gasteiger partial charge < -0.3 is 20.4 Å². The number of aliphatic hydroxyl groups is 1. The number of carboxylic acids is 1. The van der Waals surface area contributed by atoms with E-state index in [9.17, 15) is 27.9 Å². The summed E-state index contributed by atoms with van der Waals surface area (Å²) in [5.74, 6) is -1.29. The molecule has 0 radical (unpaired) electrons. The molecule has 0 bridgehead atoms. The van der Waals surface area contributed by atoms with Crippen molar-refractivity contribution in [3.05, 3.63) is 0 Å². The number of β-amino-alcohol motifs (C(OH)–C–C–N with tert-alkyl or cyclic N) is 1. The summed E-state index contributed by atoms with van der Waals surface area (Å²) in [4.78, 5) is 23.1. The number of aliphatic carboxylic acids is 1. The molecule has 0 unspecified atom stereocenters. The Morgan fingerprint density at radius 3 is 2.50 bits per heavy atom.